The Bertz CT molecular complexity index is 860. The zero-order valence-corrected chi connectivity index (χ0v) is 15.3. The quantitative estimate of drug-likeness (QED) is 0.886. The molecular weight excluding hydrogens is 342 g/mol. The Labute approximate surface area is 158 Å². The highest BCUT2D eigenvalue weighted by Gasteiger charge is 2.63. The van der Waals surface area contributed by atoms with Gasteiger partial charge in [0.25, 0.3) is 5.91 Å². The van der Waals surface area contributed by atoms with Gasteiger partial charge in [0.1, 0.15) is 0 Å². The third-order valence-corrected chi connectivity index (χ3v) is 6.25. The van der Waals surface area contributed by atoms with Gasteiger partial charge in [-0.3, -0.25) is 9.78 Å². The maximum absolute atomic E-state index is 12.5. The van der Waals surface area contributed by atoms with Crippen molar-refractivity contribution >= 4 is 11.9 Å². The minimum absolute atomic E-state index is 0.0655. The van der Waals surface area contributed by atoms with E-state index in [-0.39, 0.29) is 17.6 Å². The minimum atomic E-state index is -0.107. The lowest BCUT2D eigenvalue weighted by Gasteiger charge is -2.29. The summed E-state index contributed by atoms with van der Waals surface area (Å²) in [5, 5.41) is 3.11. The lowest BCUT2D eigenvalue weighted by molar-refractivity contribution is 0.0141. The Morgan fingerprint density at radius 1 is 1.37 bits per heavy atom. The van der Waals surface area contributed by atoms with Crippen LogP contribution in [0.5, 0.6) is 0 Å². The first-order chi connectivity index (χ1) is 13.1. The van der Waals surface area contributed by atoms with Crippen molar-refractivity contribution in [1.82, 2.24) is 20.3 Å². The molecule has 3 fully saturated rings. The Morgan fingerprint density at radius 2 is 2.22 bits per heavy atom. The van der Waals surface area contributed by atoms with Crippen molar-refractivity contribution in [3.8, 4) is 0 Å². The van der Waals surface area contributed by atoms with Gasteiger partial charge < -0.3 is 15.0 Å². The number of ether oxygens (including phenoxy) is 1. The van der Waals surface area contributed by atoms with Crippen LogP contribution in [0, 0.1) is 18.8 Å². The van der Waals surface area contributed by atoms with Gasteiger partial charge in [0.15, 0.2) is 0 Å². The van der Waals surface area contributed by atoms with E-state index in [2.05, 4.69) is 25.2 Å². The van der Waals surface area contributed by atoms with Gasteiger partial charge in [-0.2, -0.15) is 0 Å². The summed E-state index contributed by atoms with van der Waals surface area (Å²) >= 11 is 0. The fourth-order valence-corrected chi connectivity index (χ4v) is 5.06. The third-order valence-electron chi connectivity index (χ3n) is 6.25. The van der Waals surface area contributed by atoms with Gasteiger partial charge in [0.2, 0.25) is 5.95 Å². The van der Waals surface area contributed by atoms with Crippen LogP contribution in [0.1, 0.15) is 28.8 Å². The second-order valence-electron chi connectivity index (χ2n) is 7.92. The second-order valence-corrected chi connectivity index (χ2v) is 7.92. The maximum atomic E-state index is 12.5. The van der Waals surface area contributed by atoms with Crippen molar-refractivity contribution in [1.29, 1.82) is 0 Å². The molecule has 0 unspecified atom stereocenters. The van der Waals surface area contributed by atoms with E-state index in [1.54, 1.807) is 24.8 Å². The van der Waals surface area contributed by atoms with Crippen molar-refractivity contribution in [3.05, 3.63) is 48.0 Å². The van der Waals surface area contributed by atoms with Crippen LogP contribution in [-0.4, -0.2) is 52.2 Å². The normalized spacial score (nSPS) is 31.1. The van der Waals surface area contributed by atoms with Crippen molar-refractivity contribution in [3.63, 3.8) is 0 Å². The summed E-state index contributed by atoms with van der Waals surface area (Å²) < 4.78 is 6.44. The van der Waals surface area contributed by atoms with Crippen LogP contribution < -0.4 is 10.2 Å². The molecule has 2 bridgehead atoms. The van der Waals surface area contributed by atoms with Crippen LogP contribution in [0.4, 0.5) is 5.95 Å². The molecule has 27 heavy (non-hydrogen) atoms. The van der Waals surface area contributed by atoms with E-state index in [9.17, 15) is 4.79 Å². The average molecular weight is 365 g/mol. The van der Waals surface area contributed by atoms with Crippen LogP contribution in [0.25, 0.3) is 0 Å². The number of aryl methyl sites for hydroxylation is 1. The molecular formula is C20H23N5O2. The minimum Gasteiger partial charge on any atom is -0.369 e. The summed E-state index contributed by atoms with van der Waals surface area (Å²) in [6, 6.07) is 3.70. The number of amides is 1. The average Bonchev–Trinajstić information content (AvgIpc) is 3.35. The summed E-state index contributed by atoms with van der Waals surface area (Å²) in [5.41, 5.74) is 1.49. The lowest BCUT2D eigenvalue weighted by atomic mass is 9.73. The van der Waals surface area contributed by atoms with Gasteiger partial charge >= 0.3 is 0 Å². The first-order valence-electron chi connectivity index (χ1n) is 9.54. The molecule has 4 atom stereocenters. The second kappa shape index (κ2) is 6.27. The van der Waals surface area contributed by atoms with Gasteiger partial charge in [0, 0.05) is 49.7 Å². The third kappa shape index (κ3) is 2.77. The number of hydrogen-bond donors (Lipinski definition) is 1. The molecule has 0 saturated carbocycles. The molecule has 2 aromatic heterocycles. The lowest BCUT2D eigenvalue weighted by Crippen LogP contribution is -2.41. The van der Waals surface area contributed by atoms with Gasteiger partial charge in [-0.1, -0.05) is 0 Å². The molecule has 1 amide bonds. The molecule has 3 aliphatic heterocycles. The Morgan fingerprint density at radius 3 is 3.04 bits per heavy atom. The molecule has 1 N–H and O–H groups in total. The number of fused-ring (bicyclic) bond motifs is 1. The number of carbonyl (C=O) groups is 1. The first-order valence-corrected chi connectivity index (χ1v) is 9.54. The molecule has 140 valence electrons. The molecule has 7 heteroatoms. The molecule has 3 aliphatic rings. The number of pyridine rings is 1. The van der Waals surface area contributed by atoms with E-state index in [1.165, 1.54) is 0 Å². The van der Waals surface area contributed by atoms with Crippen LogP contribution in [0.15, 0.2) is 36.9 Å². The predicted molar refractivity (Wildman–Crippen MR) is 99.4 cm³/mol. The van der Waals surface area contributed by atoms with Gasteiger partial charge in [0.05, 0.1) is 23.8 Å². The monoisotopic (exact) mass is 365 g/mol. The SMILES string of the molecule is Cc1cncc(C(=O)NC[C@H]2[C@H]3CN(c4ncccn4)C[C@]34CC[C@H]2O4)c1. The van der Waals surface area contributed by atoms with Gasteiger partial charge in [-0.05, 0) is 37.5 Å². The molecule has 2 aromatic rings. The summed E-state index contributed by atoms with van der Waals surface area (Å²) in [6.45, 7) is 4.29. The summed E-state index contributed by atoms with van der Waals surface area (Å²) in [6.07, 6.45) is 9.31. The zero-order chi connectivity index (χ0) is 18.4. The van der Waals surface area contributed by atoms with Crippen molar-refractivity contribution < 1.29 is 9.53 Å². The molecule has 0 aliphatic carbocycles. The van der Waals surface area contributed by atoms with Crippen LogP contribution in [-0.2, 0) is 4.74 Å². The highest BCUT2D eigenvalue weighted by molar-refractivity contribution is 5.94. The summed E-state index contributed by atoms with van der Waals surface area (Å²) in [5.74, 6) is 1.43. The fourth-order valence-electron chi connectivity index (χ4n) is 5.06. The van der Waals surface area contributed by atoms with Crippen LogP contribution >= 0.6 is 0 Å². The number of rotatable bonds is 4. The van der Waals surface area contributed by atoms with E-state index in [4.69, 9.17) is 4.74 Å². The number of hydrogen-bond acceptors (Lipinski definition) is 6. The molecule has 0 radical (unpaired) electrons. The fraction of sp³-hybridized carbons (Fsp3) is 0.500. The van der Waals surface area contributed by atoms with E-state index in [0.717, 1.165) is 37.4 Å². The standard InChI is InChI=1S/C20H23N5O2/c1-13-7-14(9-21-8-13)18(26)24-10-15-16-11-25(19-22-5-2-6-23-19)12-20(16)4-3-17(15)27-20/h2,5-9,15-17H,3-4,10-12H2,1H3,(H,24,26)/t15-,16+,17+,20+/m0/s1. The van der Waals surface area contributed by atoms with Crippen LogP contribution in [0.3, 0.4) is 0 Å². The smallest absolute Gasteiger partial charge is 0.252 e. The Balaban J connectivity index is 1.29. The number of nitrogens with zero attached hydrogens (tertiary/aromatic N) is 4. The van der Waals surface area contributed by atoms with Crippen molar-refractivity contribution in [2.45, 2.75) is 31.5 Å². The van der Waals surface area contributed by atoms with Gasteiger partial charge in [-0.25, -0.2) is 9.97 Å². The summed E-state index contributed by atoms with van der Waals surface area (Å²) in [4.78, 5) is 27.6. The van der Waals surface area contributed by atoms with Gasteiger partial charge in [-0.15, -0.1) is 0 Å². The molecule has 5 heterocycles. The summed E-state index contributed by atoms with van der Waals surface area (Å²) in [7, 11) is 0. The highest BCUT2D eigenvalue weighted by Crippen LogP contribution is 2.54. The largest absolute Gasteiger partial charge is 0.369 e. The highest BCUT2D eigenvalue weighted by atomic mass is 16.5. The molecule has 0 aromatic carbocycles. The molecule has 3 saturated heterocycles. The maximum Gasteiger partial charge on any atom is 0.252 e. The number of carbonyl (C=O) groups excluding carboxylic acids is 1. The number of nitrogens with one attached hydrogen (secondary N) is 1. The molecule has 5 rings (SSSR count). The van der Waals surface area contributed by atoms with E-state index < -0.39 is 0 Å². The molecule has 7 nitrogen and oxygen atoms in total. The van der Waals surface area contributed by atoms with Crippen molar-refractivity contribution in [2.24, 2.45) is 11.8 Å². The Hall–Kier alpha value is -2.54. The Kier molecular flexibility index (Phi) is 3.86. The first kappa shape index (κ1) is 16.6. The topological polar surface area (TPSA) is 80.2 Å². The predicted octanol–water partition coefficient (Wildman–Crippen LogP) is 1.59. The molecule has 1 spiro atoms. The van der Waals surface area contributed by atoms with Crippen molar-refractivity contribution in [2.75, 3.05) is 24.5 Å². The van der Waals surface area contributed by atoms with E-state index in [0.29, 0.717) is 23.9 Å². The van der Waals surface area contributed by atoms with E-state index >= 15 is 0 Å². The number of aromatic nitrogens is 3. The number of anilines is 1. The zero-order valence-electron chi connectivity index (χ0n) is 15.3. The van der Waals surface area contributed by atoms with E-state index in [1.807, 2.05) is 19.1 Å². The van der Waals surface area contributed by atoms with Crippen LogP contribution in [0.2, 0.25) is 0 Å².